The van der Waals surface area contributed by atoms with Crippen molar-refractivity contribution in [2.45, 2.75) is 25.9 Å². The standard InChI is InChI=1S/C31H22F6O/c1-2-3-4-5-20-6-9-22(10-7-20)24-14-15-26-25(18-24)13-12-23(29(26)34)11-8-21-16-27(32)30(28(33)17-21)38-19-31(35,36)37/h2-3,6-7,9-10,12-18H,4-5,19H2,1H3/b3-2+. The van der Waals surface area contributed by atoms with Crippen molar-refractivity contribution in [1.29, 1.82) is 0 Å². The molecule has 4 aromatic rings. The number of hydrogen-bond donors (Lipinski definition) is 0. The van der Waals surface area contributed by atoms with Gasteiger partial charge < -0.3 is 4.74 Å². The van der Waals surface area contributed by atoms with Crippen LogP contribution in [0.25, 0.3) is 21.9 Å². The van der Waals surface area contributed by atoms with Crippen LogP contribution >= 0.6 is 0 Å². The van der Waals surface area contributed by atoms with Crippen molar-refractivity contribution in [2.75, 3.05) is 6.61 Å². The number of rotatable bonds is 6. The second kappa shape index (κ2) is 11.5. The predicted octanol–water partition coefficient (Wildman–Crippen LogP) is 8.77. The maximum atomic E-state index is 15.2. The number of hydrogen-bond acceptors (Lipinski definition) is 1. The van der Waals surface area contributed by atoms with E-state index in [4.69, 9.17) is 0 Å². The Balaban J connectivity index is 1.55. The van der Waals surface area contributed by atoms with Crippen LogP contribution in [-0.2, 0) is 6.42 Å². The molecule has 0 atom stereocenters. The molecule has 0 spiro atoms. The smallest absolute Gasteiger partial charge is 0.422 e. The van der Waals surface area contributed by atoms with E-state index in [1.54, 1.807) is 12.1 Å². The minimum absolute atomic E-state index is 0.00828. The number of fused-ring (bicyclic) bond motifs is 1. The van der Waals surface area contributed by atoms with Crippen LogP contribution in [0.2, 0.25) is 0 Å². The van der Waals surface area contributed by atoms with E-state index in [-0.39, 0.29) is 11.1 Å². The van der Waals surface area contributed by atoms with E-state index in [0.717, 1.165) is 36.1 Å². The number of allylic oxidation sites excluding steroid dienone is 2. The Hall–Kier alpha value is -4.18. The lowest BCUT2D eigenvalue weighted by Gasteiger charge is -2.10. The Morgan fingerprint density at radius 3 is 2.16 bits per heavy atom. The monoisotopic (exact) mass is 524 g/mol. The highest BCUT2D eigenvalue weighted by Crippen LogP contribution is 2.29. The van der Waals surface area contributed by atoms with Crippen molar-refractivity contribution in [3.63, 3.8) is 0 Å². The van der Waals surface area contributed by atoms with Gasteiger partial charge in [0.25, 0.3) is 0 Å². The molecule has 0 aliphatic carbocycles. The van der Waals surface area contributed by atoms with Crippen molar-refractivity contribution in [3.8, 4) is 28.7 Å². The Labute approximate surface area is 216 Å². The van der Waals surface area contributed by atoms with E-state index < -0.39 is 36.0 Å². The van der Waals surface area contributed by atoms with Gasteiger partial charge in [-0.05, 0) is 66.1 Å². The summed E-state index contributed by atoms with van der Waals surface area (Å²) in [4.78, 5) is 0. The van der Waals surface area contributed by atoms with Crippen LogP contribution in [0.3, 0.4) is 0 Å². The van der Waals surface area contributed by atoms with Gasteiger partial charge in [0.1, 0.15) is 5.82 Å². The van der Waals surface area contributed by atoms with Gasteiger partial charge in [-0.1, -0.05) is 66.5 Å². The summed E-state index contributed by atoms with van der Waals surface area (Å²) in [5.41, 5.74) is 2.98. The van der Waals surface area contributed by atoms with Crippen molar-refractivity contribution in [3.05, 3.63) is 113 Å². The molecule has 0 heterocycles. The van der Waals surface area contributed by atoms with E-state index in [1.807, 2.05) is 37.3 Å². The van der Waals surface area contributed by atoms with Crippen LogP contribution in [0.5, 0.6) is 5.75 Å². The maximum absolute atomic E-state index is 15.2. The number of aryl methyl sites for hydroxylation is 1. The maximum Gasteiger partial charge on any atom is 0.422 e. The first-order valence-electron chi connectivity index (χ1n) is 11.8. The average Bonchev–Trinajstić information content (AvgIpc) is 2.87. The fourth-order valence-electron chi connectivity index (χ4n) is 3.91. The summed E-state index contributed by atoms with van der Waals surface area (Å²) in [6.45, 7) is 0.156. The van der Waals surface area contributed by atoms with Gasteiger partial charge in [0.2, 0.25) is 0 Å². The summed E-state index contributed by atoms with van der Waals surface area (Å²) in [6, 6.07) is 18.2. The summed E-state index contributed by atoms with van der Waals surface area (Å²) >= 11 is 0. The molecule has 7 heteroatoms. The molecule has 38 heavy (non-hydrogen) atoms. The SMILES string of the molecule is C/C=C/CCc1ccc(-c2ccc3c(F)c(C#Cc4cc(F)c(OCC(F)(F)F)c(F)c4)ccc3c2)cc1. The third-order valence-corrected chi connectivity index (χ3v) is 5.80. The second-order valence-electron chi connectivity index (χ2n) is 8.59. The van der Waals surface area contributed by atoms with Gasteiger partial charge >= 0.3 is 6.18 Å². The number of alkyl halides is 3. The van der Waals surface area contributed by atoms with Crippen LogP contribution < -0.4 is 4.74 Å². The molecule has 0 fully saturated rings. The van der Waals surface area contributed by atoms with E-state index in [0.29, 0.717) is 10.8 Å². The van der Waals surface area contributed by atoms with Gasteiger partial charge in [0, 0.05) is 10.9 Å². The molecule has 0 aliphatic rings. The molecular weight excluding hydrogens is 502 g/mol. The average molecular weight is 525 g/mol. The lowest BCUT2D eigenvalue weighted by molar-refractivity contribution is -0.154. The van der Waals surface area contributed by atoms with Crippen LogP contribution in [0.15, 0.2) is 78.9 Å². The zero-order valence-corrected chi connectivity index (χ0v) is 20.3. The van der Waals surface area contributed by atoms with Crippen molar-refractivity contribution >= 4 is 10.8 Å². The molecule has 0 N–H and O–H groups in total. The summed E-state index contributed by atoms with van der Waals surface area (Å²) in [5, 5.41) is 0.989. The fourth-order valence-corrected chi connectivity index (χ4v) is 3.91. The molecule has 4 rings (SSSR count). The Kier molecular flexibility index (Phi) is 8.11. The molecule has 1 nitrogen and oxygen atoms in total. The van der Waals surface area contributed by atoms with Gasteiger partial charge in [-0.15, -0.1) is 0 Å². The summed E-state index contributed by atoms with van der Waals surface area (Å²) in [6.07, 6.45) is 1.32. The number of halogens is 6. The molecule has 4 aromatic carbocycles. The predicted molar refractivity (Wildman–Crippen MR) is 136 cm³/mol. The molecule has 0 saturated carbocycles. The van der Waals surface area contributed by atoms with E-state index in [9.17, 15) is 22.0 Å². The minimum Gasteiger partial charge on any atom is -0.478 e. The number of ether oxygens (including phenoxy) is 1. The van der Waals surface area contributed by atoms with Crippen LogP contribution in [0.4, 0.5) is 26.3 Å². The molecular formula is C31H22F6O. The van der Waals surface area contributed by atoms with Crippen molar-refractivity contribution in [1.82, 2.24) is 0 Å². The third kappa shape index (κ3) is 6.57. The van der Waals surface area contributed by atoms with Gasteiger partial charge in [-0.3, -0.25) is 0 Å². The first-order chi connectivity index (χ1) is 18.1. The normalized spacial score (nSPS) is 11.6. The lowest BCUT2D eigenvalue weighted by atomic mass is 9.98. The Morgan fingerprint density at radius 2 is 1.50 bits per heavy atom. The molecule has 0 unspecified atom stereocenters. The molecule has 0 aliphatic heterocycles. The molecule has 194 valence electrons. The molecule has 0 aromatic heterocycles. The van der Waals surface area contributed by atoms with E-state index in [1.165, 1.54) is 11.6 Å². The van der Waals surface area contributed by atoms with Crippen LogP contribution in [0, 0.1) is 29.3 Å². The highest BCUT2D eigenvalue weighted by atomic mass is 19.4. The van der Waals surface area contributed by atoms with Crippen LogP contribution in [-0.4, -0.2) is 12.8 Å². The minimum atomic E-state index is -4.75. The van der Waals surface area contributed by atoms with Gasteiger partial charge in [-0.2, -0.15) is 13.2 Å². The lowest BCUT2D eigenvalue weighted by Crippen LogP contribution is -2.20. The molecule has 0 radical (unpaired) electrons. The highest BCUT2D eigenvalue weighted by molar-refractivity contribution is 5.89. The van der Waals surface area contributed by atoms with Crippen LogP contribution in [0.1, 0.15) is 30.0 Å². The van der Waals surface area contributed by atoms with E-state index in [2.05, 4.69) is 34.8 Å². The number of benzene rings is 4. The Bertz CT molecular complexity index is 1520. The van der Waals surface area contributed by atoms with Crippen molar-refractivity contribution < 1.29 is 31.1 Å². The van der Waals surface area contributed by atoms with Crippen molar-refractivity contribution in [2.24, 2.45) is 0 Å². The topological polar surface area (TPSA) is 9.23 Å². The second-order valence-corrected chi connectivity index (χ2v) is 8.59. The molecule has 0 amide bonds. The zero-order valence-electron chi connectivity index (χ0n) is 20.3. The van der Waals surface area contributed by atoms with E-state index >= 15 is 4.39 Å². The molecule has 0 saturated heterocycles. The first kappa shape index (κ1) is 26.9. The quantitative estimate of drug-likeness (QED) is 0.139. The third-order valence-electron chi connectivity index (χ3n) is 5.80. The fraction of sp³-hybridized carbons (Fsp3) is 0.161. The Morgan fingerprint density at radius 1 is 0.816 bits per heavy atom. The summed E-state index contributed by atoms with van der Waals surface area (Å²) < 4.78 is 84.4. The van der Waals surface area contributed by atoms with Gasteiger partial charge in [0.05, 0.1) is 5.56 Å². The largest absolute Gasteiger partial charge is 0.478 e. The van der Waals surface area contributed by atoms with Gasteiger partial charge in [0.15, 0.2) is 24.0 Å². The zero-order chi connectivity index (χ0) is 27.3. The van der Waals surface area contributed by atoms with Gasteiger partial charge in [-0.25, -0.2) is 13.2 Å². The summed E-state index contributed by atoms with van der Waals surface area (Å²) in [7, 11) is 0. The molecule has 0 bridgehead atoms. The first-order valence-corrected chi connectivity index (χ1v) is 11.8. The summed E-state index contributed by atoms with van der Waals surface area (Å²) in [5.74, 6) is 0.583. The highest BCUT2D eigenvalue weighted by Gasteiger charge is 2.29.